The predicted molar refractivity (Wildman–Crippen MR) is 110 cm³/mol. The van der Waals surface area contributed by atoms with Gasteiger partial charge >= 0.3 is 0 Å². The third-order valence-electron chi connectivity index (χ3n) is 4.60. The van der Waals surface area contributed by atoms with Gasteiger partial charge in [-0.25, -0.2) is 5.01 Å². The Kier molecular flexibility index (Phi) is 4.61. The van der Waals surface area contributed by atoms with Gasteiger partial charge in [-0.05, 0) is 47.9 Å². The van der Waals surface area contributed by atoms with Crippen molar-refractivity contribution < 1.29 is 4.79 Å². The number of amides is 1. The number of nitrogens with one attached hydrogen (secondary N) is 1. The zero-order valence-electron chi connectivity index (χ0n) is 15.3. The number of rotatable bonds is 2. The molecule has 0 aliphatic carbocycles. The number of hydrogen-bond donors (Lipinski definition) is 1. The molecule has 5 nitrogen and oxygen atoms in total. The first-order chi connectivity index (χ1) is 13.6. The minimum Gasteiger partial charge on any atom is -0.360 e. The first-order valence-corrected chi connectivity index (χ1v) is 8.96. The highest BCUT2D eigenvalue weighted by Crippen LogP contribution is 2.25. The summed E-state index contributed by atoms with van der Waals surface area (Å²) in [6, 6.07) is 19.3. The van der Waals surface area contributed by atoms with Crippen molar-refractivity contribution in [2.24, 2.45) is 5.10 Å². The third kappa shape index (κ3) is 3.49. The Morgan fingerprint density at radius 1 is 1.04 bits per heavy atom. The fourth-order valence-electron chi connectivity index (χ4n) is 3.17. The number of hydrazone groups is 1. The van der Waals surface area contributed by atoms with Crippen molar-refractivity contribution in [2.45, 2.75) is 13.1 Å². The number of carbonyl (C=O) groups excluding carboxylic acids is 1. The number of fused-ring (bicyclic) bond motifs is 1. The lowest BCUT2D eigenvalue weighted by molar-refractivity contribution is -0.128. The smallest absolute Gasteiger partial charge is 0.271 e. The summed E-state index contributed by atoms with van der Waals surface area (Å²) in [5, 5.41) is 18.3. The molecule has 0 fully saturated rings. The molecule has 2 heterocycles. The molecule has 2 aromatic rings. The molecule has 28 heavy (non-hydrogen) atoms. The fraction of sp³-hybridized carbons (Fsp3) is 0.0870. The number of allylic oxidation sites excluding steroid dienone is 3. The first kappa shape index (κ1) is 17.5. The fourth-order valence-corrected chi connectivity index (χ4v) is 3.17. The van der Waals surface area contributed by atoms with E-state index in [2.05, 4.69) is 16.5 Å². The molecule has 1 atom stereocenters. The number of nitriles is 1. The molecular weight excluding hydrogens is 348 g/mol. The van der Waals surface area contributed by atoms with Crippen LogP contribution in [0.5, 0.6) is 0 Å². The van der Waals surface area contributed by atoms with Crippen LogP contribution in [-0.2, 0) is 4.79 Å². The van der Waals surface area contributed by atoms with Crippen LogP contribution < -0.4 is 5.32 Å². The van der Waals surface area contributed by atoms with Crippen LogP contribution in [0.25, 0.3) is 11.3 Å². The van der Waals surface area contributed by atoms with Crippen molar-refractivity contribution >= 4 is 22.9 Å². The zero-order valence-corrected chi connectivity index (χ0v) is 15.3. The number of nitrogens with zero attached hydrogens (tertiary/aromatic N) is 3. The molecule has 2 aliphatic heterocycles. The lowest BCUT2D eigenvalue weighted by atomic mass is 10.0. The highest BCUT2D eigenvalue weighted by atomic mass is 16.2. The van der Waals surface area contributed by atoms with Gasteiger partial charge in [0.05, 0.1) is 17.3 Å². The van der Waals surface area contributed by atoms with Gasteiger partial charge in [0.25, 0.3) is 5.91 Å². The Morgan fingerprint density at radius 3 is 2.50 bits per heavy atom. The molecule has 0 saturated heterocycles. The average Bonchev–Trinajstić information content (AvgIpc) is 2.72. The van der Waals surface area contributed by atoms with Gasteiger partial charge in [-0.3, -0.25) is 4.79 Å². The van der Waals surface area contributed by atoms with Crippen molar-refractivity contribution in [3.8, 4) is 6.07 Å². The summed E-state index contributed by atoms with van der Waals surface area (Å²) in [6.45, 7) is 1.87. The predicted octanol–water partition coefficient (Wildman–Crippen LogP) is 3.69. The second kappa shape index (κ2) is 7.37. The summed E-state index contributed by atoms with van der Waals surface area (Å²) in [4.78, 5) is 12.8. The van der Waals surface area contributed by atoms with E-state index in [4.69, 9.17) is 5.26 Å². The minimum absolute atomic E-state index is 0.193. The van der Waals surface area contributed by atoms with Crippen LogP contribution in [0.15, 0.2) is 84.0 Å². The molecule has 5 heteroatoms. The van der Waals surface area contributed by atoms with Crippen LogP contribution in [-0.4, -0.2) is 22.8 Å². The summed E-state index contributed by atoms with van der Waals surface area (Å²) in [7, 11) is 0. The third-order valence-corrected chi connectivity index (χ3v) is 4.60. The molecule has 0 aromatic heterocycles. The van der Waals surface area contributed by atoms with Crippen molar-refractivity contribution in [1.29, 1.82) is 5.26 Å². The maximum absolute atomic E-state index is 12.8. The van der Waals surface area contributed by atoms with Crippen molar-refractivity contribution in [2.75, 3.05) is 0 Å². The molecule has 2 aliphatic rings. The average molecular weight is 366 g/mol. The second-order valence-electron chi connectivity index (χ2n) is 6.58. The maximum atomic E-state index is 12.8. The molecule has 1 amide bonds. The largest absolute Gasteiger partial charge is 0.360 e. The van der Waals surface area contributed by atoms with E-state index >= 15 is 0 Å². The van der Waals surface area contributed by atoms with Crippen LogP contribution in [0.1, 0.15) is 23.6 Å². The lowest BCUT2D eigenvalue weighted by Gasteiger charge is -2.32. The Morgan fingerprint density at radius 2 is 1.79 bits per heavy atom. The van der Waals surface area contributed by atoms with Gasteiger partial charge in [0, 0.05) is 11.8 Å². The molecule has 2 aromatic carbocycles. The maximum Gasteiger partial charge on any atom is 0.271 e. The molecular formula is C23H18N4O. The van der Waals surface area contributed by atoms with Crippen molar-refractivity contribution in [3.63, 3.8) is 0 Å². The van der Waals surface area contributed by atoms with Crippen LogP contribution in [0.2, 0.25) is 0 Å². The lowest BCUT2D eigenvalue weighted by Crippen LogP contribution is -2.47. The van der Waals surface area contributed by atoms with Crippen LogP contribution in [0.3, 0.4) is 0 Å². The minimum atomic E-state index is -0.418. The van der Waals surface area contributed by atoms with E-state index in [9.17, 15) is 4.79 Å². The van der Waals surface area contributed by atoms with E-state index in [0.717, 1.165) is 22.4 Å². The number of hydrogen-bond acceptors (Lipinski definition) is 4. The molecule has 0 saturated carbocycles. The number of benzene rings is 2. The Bertz CT molecular complexity index is 1070. The topological polar surface area (TPSA) is 68.5 Å². The SMILES string of the molecule is CC1=N/N2C(=O)C=C(c3ccc(C#N)cc3)NC2C=C(c2ccccc2)/C=C\1. The summed E-state index contributed by atoms with van der Waals surface area (Å²) >= 11 is 0. The molecule has 0 bridgehead atoms. The van der Waals surface area contributed by atoms with Crippen molar-refractivity contribution in [3.05, 3.63) is 95.6 Å². The van der Waals surface area contributed by atoms with E-state index in [1.54, 1.807) is 12.1 Å². The van der Waals surface area contributed by atoms with Gasteiger partial charge < -0.3 is 5.32 Å². The van der Waals surface area contributed by atoms with E-state index in [-0.39, 0.29) is 5.91 Å². The molecule has 0 spiro atoms. The van der Waals surface area contributed by atoms with E-state index in [0.29, 0.717) is 11.3 Å². The van der Waals surface area contributed by atoms with E-state index < -0.39 is 6.17 Å². The standard InChI is InChI=1S/C23H18N4O/c1-16-7-10-20(18-5-3-2-4-6-18)13-22-25-21(14-23(28)27(22)26-16)19-11-8-17(15-24)9-12-19/h2-14,22,25H,1H3/b10-7-,20-13?,26-16-. The summed E-state index contributed by atoms with van der Waals surface area (Å²) in [5.41, 5.74) is 4.95. The summed E-state index contributed by atoms with van der Waals surface area (Å²) in [6.07, 6.45) is 7.03. The van der Waals surface area contributed by atoms with Crippen LogP contribution in [0, 0.1) is 11.3 Å². The molecule has 4 rings (SSSR count). The van der Waals surface area contributed by atoms with Gasteiger partial charge in [0.15, 0.2) is 0 Å². The highest BCUT2D eigenvalue weighted by Gasteiger charge is 2.28. The first-order valence-electron chi connectivity index (χ1n) is 8.96. The zero-order chi connectivity index (χ0) is 19.5. The van der Waals surface area contributed by atoms with Crippen LogP contribution in [0.4, 0.5) is 0 Å². The quantitative estimate of drug-likeness (QED) is 0.881. The van der Waals surface area contributed by atoms with Gasteiger partial charge in [-0.2, -0.15) is 10.4 Å². The second-order valence-corrected chi connectivity index (χ2v) is 6.58. The highest BCUT2D eigenvalue weighted by molar-refractivity contribution is 6.01. The van der Waals surface area contributed by atoms with E-state index in [1.807, 2.05) is 67.6 Å². The van der Waals surface area contributed by atoms with Gasteiger partial charge in [0.2, 0.25) is 0 Å². The molecule has 0 radical (unpaired) electrons. The molecule has 136 valence electrons. The Labute approximate surface area is 163 Å². The van der Waals surface area contributed by atoms with Gasteiger partial charge in [0.1, 0.15) is 6.17 Å². The summed E-state index contributed by atoms with van der Waals surface area (Å²) in [5.74, 6) is -0.193. The summed E-state index contributed by atoms with van der Waals surface area (Å²) < 4.78 is 0. The monoisotopic (exact) mass is 366 g/mol. The van der Waals surface area contributed by atoms with Crippen LogP contribution >= 0.6 is 0 Å². The Balaban J connectivity index is 1.74. The van der Waals surface area contributed by atoms with Crippen molar-refractivity contribution in [1.82, 2.24) is 10.3 Å². The normalized spacial score (nSPS) is 21.6. The van der Waals surface area contributed by atoms with Gasteiger partial charge in [-0.15, -0.1) is 0 Å². The van der Waals surface area contributed by atoms with E-state index in [1.165, 1.54) is 11.1 Å². The Hall–Kier alpha value is -3.91. The van der Waals surface area contributed by atoms with Gasteiger partial charge in [-0.1, -0.05) is 48.5 Å². The molecule has 1 N–H and O–H groups in total. The molecule has 1 unspecified atom stereocenters. The number of carbonyl (C=O) groups is 1.